The number of hydrogen-bond donors (Lipinski definition) is 0. The van der Waals surface area contributed by atoms with Crippen LogP contribution in [0.5, 0.6) is 5.75 Å². The lowest BCUT2D eigenvalue weighted by molar-refractivity contribution is 0.0880. The van der Waals surface area contributed by atoms with Crippen molar-refractivity contribution in [3.05, 3.63) is 65.7 Å². The molecule has 3 heteroatoms. The van der Waals surface area contributed by atoms with Crippen LogP contribution in [-0.4, -0.2) is 23.9 Å². The number of rotatable bonds is 4. The van der Waals surface area contributed by atoms with Crippen LogP contribution in [-0.2, 0) is 6.54 Å². The molecule has 1 aliphatic rings. The Balaban J connectivity index is 1.71. The van der Waals surface area contributed by atoms with Crippen LogP contribution in [0.15, 0.2) is 54.6 Å². The number of hydrogen-bond acceptors (Lipinski definition) is 2. The number of methoxy groups -OCH3 is 1. The first-order valence-electron chi connectivity index (χ1n) is 6.84. The molecule has 0 spiro atoms. The third-order valence-electron chi connectivity index (χ3n) is 3.83. The molecule has 0 aliphatic carbocycles. The van der Waals surface area contributed by atoms with Gasteiger partial charge in [-0.3, -0.25) is 4.90 Å². The summed E-state index contributed by atoms with van der Waals surface area (Å²) in [6.45, 7) is 1.86. The molecule has 0 aromatic heterocycles. The second kappa shape index (κ2) is 5.86. The monoisotopic (exact) mass is 287 g/mol. The summed E-state index contributed by atoms with van der Waals surface area (Å²) < 4.78 is 5.19. The Bertz CT molecular complexity index is 555. The van der Waals surface area contributed by atoms with Crippen molar-refractivity contribution in [1.82, 2.24) is 4.90 Å². The first-order valence-corrected chi connectivity index (χ1v) is 7.27. The molecule has 0 bridgehead atoms. The van der Waals surface area contributed by atoms with E-state index in [1.165, 1.54) is 11.1 Å². The Labute approximate surface area is 124 Å². The zero-order chi connectivity index (χ0) is 13.9. The van der Waals surface area contributed by atoms with Crippen molar-refractivity contribution in [2.75, 3.05) is 13.7 Å². The highest BCUT2D eigenvalue weighted by Crippen LogP contribution is 2.38. The number of halogens is 1. The summed E-state index contributed by atoms with van der Waals surface area (Å²) in [6, 6.07) is 19.0. The minimum absolute atomic E-state index is 0.204. The molecule has 1 heterocycles. The molecule has 20 heavy (non-hydrogen) atoms. The molecule has 2 aromatic carbocycles. The fourth-order valence-electron chi connectivity index (χ4n) is 2.73. The van der Waals surface area contributed by atoms with Gasteiger partial charge in [0.15, 0.2) is 0 Å². The van der Waals surface area contributed by atoms with E-state index in [0.29, 0.717) is 6.04 Å². The average Bonchev–Trinajstić information content (AvgIpc) is 2.48. The minimum atomic E-state index is 0.204. The summed E-state index contributed by atoms with van der Waals surface area (Å²) in [5, 5.41) is 0.204. The Morgan fingerprint density at radius 3 is 2.40 bits per heavy atom. The van der Waals surface area contributed by atoms with Crippen LogP contribution in [0.4, 0.5) is 0 Å². The summed E-state index contributed by atoms with van der Waals surface area (Å²) in [5.74, 6) is 0.896. The second-order valence-electron chi connectivity index (χ2n) is 5.15. The highest BCUT2D eigenvalue weighted by atomic mass is 35.5. The average molecular weight is 288 g/mol. The molecule has 2 atom stereocenters. The van der Waals surface area contributed by atoms with Gasteiger partial charge in [-0.15, -0.1) is 11.6 Å². The van der Waals surface area contributed by atoms with Gasteiger partial charge in [-0.05, 0) is 23.3 Å². The normalized spacial score (nSPS) is 22.3. The number of ether oxygens (including phenoxy) is 1. The summed E-state index contributed by atoms with van der Waals surface area (Å²) in [5.41, 5.74) is 2.59. The molecule has 0 N–H and O–H groups in total. The summed E-state index contributed by atoms with van der Waals surface area (Å²) in [4.78, 5) is 2.41. The Kier molecular flexibility index (Phi) is 3.95. The van der Waals surface area contributed by atoms with Gasteiger partial charge in [0, 0.05) is 13.1 Å². The van der Waals surface area contributed by atoms with E-state index < -0.39 is 0 Å². The number of nitrogens with zero attached hydrogens (tertiary/aromatic N) is 1. The third-order valence-corrected chi connectivity index (χ3v) is 4.21. The van der Waals surface area contributed by atoms with Gasteiger partial charge < -0.3 is 4.74 Å². The van der Waals surface area contributed by atoms with Crippen molar-refractivity contribution < 1.29 is 4.74 Å². The highest BCUT2D eigenvalue weighted by Gasteiger charge is 2.38. The van der Waals surface area contributed by atoms with Crippen molar-refractivity contribution in [3.8, 4) is 5.75 Å². The predicted octanol–water partition coefficient (Wildman–Crippen LogP) is 3.86. The highest BCUT2D eigenvalue weighted by molar-refractivity contribution is 6.21. The Hall–Kier alpha value is -1.51. The van der Waals surface area contributed by atoms with E-state index in [2.05, 4.69) is 41.3 Å². The van der Waals surface area contributed by atoms with E-state index in [4.69, 9.17) is 16.3 Å². The summed E-state index contributed by atoms with van der Waals surface area (Å²) in [7, 11) is 1.69. The fraction of sp³-hybridized carbons (Fsp3) is 0.294. The molecule has 1 fully saturated rings. The van der Waals surface area contributed by atoms with Crippen LogP contribution in [0.1, 0.15) is 17.2 Å². The summed E-state index contributed by atoms with van der Waals surface area (Å²) >= 11 is 6.40. The molecule has 1 saturated heterocycles. The molecule has 0 radical (unpaired) electrons. The maximum atomic E-state index is 6.40. The van der Waals surface area contributed by atoms with E-state index in [9.17, 15) is 0 Å². The van der Waals surface area contributed by atoms with E-state index in [-0.39, 0.29) is 5.38 Å². The molecule has 104 valence electrons. The molecule has 0 amide bonds. The van der Waals surface area contributed by atoms with E-state index >= 15 is 0 Å². The molecule has 2 aromatic rings. The van der Waals surface area contributed by atoms with Gasteiger partial charge in [-0.2, -0.15) is 0 Å². The lowest BCUT2D eigenvalue weighted by Gasteiger charge is -2.45. The molecule has 0 saturated carbocycles. The first kappa shape index (κ1) is 13.5. The maximum absolute atomic E-state index is 6.40. The van der Waals surface area contributed by atoms with Crippen molar-refractivity contribution in [3.63, 3.8) is 0 Å². The van der Waals surface area contributed by atoms with Crippen LogP contribution in [0.3, 0.4) is 0 Å². The van der Waals surface area contributed by atoms with Crippen LogP contribution in [0.25, 0.3) is 0 Å². The molecular formula is C17H18ClNO. The molecule has 0 unspecified atom stereocenters. The van der Waals surface area contributed by atoms with Crippen molar-refractivity contribution in [2.45, 2.75) is 18.0 Å². The largest absolute Gasteiger partial charge is 0.497 e. The molecule has 3 rings (SSSR count). The Morgan fingerprint density at radius 2 is 1.80 bits per heavy atom. The standard InChI is InChI=1S/C17H18ClNO/c1-20-15-9-7-13(8-10-15)11-19-12-16(18)17(19)14-5-3-2-4-6-14/h2-10,16-17H,11-12H2,1H3/t16-,17+/m1/s1. The zero-order valence-electron chi connectivity index (χ0n) is 11.5. The van der Waals surface area contributed by atoms with Gasteiger partial charge in [0.1, 0.15) is 5.75 Å². The maximum Gasteiger partial charge on any atom is 0.118 e. The number of benzene rings is 2. The van der Waals surface area contributed by atoms with Crippen LogP contribution < -0.4 is 4.74 Å². The van der Waals surface area contributed by atoms with Crippen molar-refractivity contribution in [1.29, 1.82) is 0 Å². The smallest absolute Gasteiger partial charge is 0.118 e. The first-order chi connectivity index (χ1) is 9.78. The van der Waals surface area contributed by atoms with Gasteiger partial charge in [0.2, 0.25) is 0 Å². The lowest BCUT2D eigenvalue weighted by atomic mass is 9.93. The van der Waals surface area contributed by atoms with Gasteiger partial charge >= 0.3 is 0 Å². The number of alkyl halides is 1. The minimum Gasteiger partial charge on any atom is -0.497 e. The van der Waals surface area contributed by atoms with Crippen molar-refractivity contribution >= 4 is 11.6 Å². The summed E-state index contributed by atoms with van der Waals surface area (Å²) in [6.07, 6.45) is 0. The van der Waals surface area contributed by atoms with Crippen molar-refractivity contribution in [2.24, 2.45) is 0 Å². The molecule has 1 aliphatic heterocycles. The lowest BCUT2D eigenvalue weighted by Crippen LogP contribution is -2.50. The predicted molar refractivity (Wildman–Crippen MR) is 82.2 cm³/mol. The van der Waals surface area contributed by atoms with Gasteiger partial charge in [0.05, 0.1) is 18.5 Å². The van der Waals surface area contributed by atoms with Crippen LogP contribution >= 0.6 is 11.6 Å². The second-order valence-corrected chi connectivity index (χ2v) is 5.71. The van der Waals surface area contributed by atoms with Crippen LogP contribution in [0.2, 0.25) is 0 Å². The zero-order valence-corrected chi connectivity index (χ0v) is 12.3. The van der Waals surface area contributed by atoms with E-state index in [1.807, 2.05) is 18.2 Å². The molecular weight excluding hydrogens is 270 g/mol. The van der Waals surface area contributed by atoms with E-state index in [1.54, 1.807) is 7.11 Å². The SMILES string of the molecule is COc1ccc(CN2C[C@@H](Cl)[C@@H]2c2ccccc2)cc1. The van der Waals surface area contributed by atoms with Gasteiger partial charge in [0.25, 0.3) is 0 Å². The fourth-order valence-corrected chi connectivity index (χ4v) is 3.21. The quantitative estimate of drug-likeness (QED) is 0.792. The topological polar surface area (TPSA) is 12.5 Å². The van der Waals surface area contributed by atoms with Gasteiger partial charge in [-0.25, -0.2) is 0 Å². The van der Waals surface area contributed by atoms with E-state index in [0.717, 1.165) is 18.8 Å². The van der Waals surface area contributed by atoms with Crippen LogP contribution in [0, 0.1) is 0 Å². The third kappa shape index (κ3) is 2.67. The number of likely N-dealkylation sites (tertiary alicyclic amines) is 1. The molecule has 2 nitrogen and oxygen atoms in total. The van der Waals surface area contributed by atoms with Gasteiger partial charge in [-0.1, -0.05) is 42.5 Å². The Morgan fingerprint density at radius 1 is 1.10 bits per heavy atom.